The van der Waals surface area contributed by atoms with Crippen molar-refractivity contribution < 1.29 is 4.79 Å². The Hall–Kier alpha value is -1.48. The minimum Gasteiger partial charge on any atom is -0.294 e. The lowest BCUT2D eigenvalue weighted by Gasteiger charge is -2.36. The van der Waals surface area contributed by atoms with Crippen molar-refractivity contribution in [1.29, 1.82) is 0 Å². The summed E-state index contributed by atoms with van der Waals surface area (Å²) in [4.78, 5) is 16.9. The average molecular weight is 285 g/mol. The van der Waals surface area contributed by atoms with Crippen molar-refractivity contribution in [2.24, 2.45) is 0 Å². The van der Waals surface area contributed by atoms with Gasteiger partial charge < -0.3 is 0 Å². The molecule has 1 heterocycles. The third-order valence-electron chi connectivity index (χ3n) is 4.30. The first kappa shape index (κ1) is 13.5. The number of nitrogens with zero attached hydrogens (tertiary/aromatic N) is 1. The van der Waals surface area contributed by atoms with Crippen molar-refractivity contribution >= 4 is 17.1 Å². The molecule has 3 heteroatoms. The maximum absolute atomic E-state index is 11.6. The number of carbonyl (C=O) groups excluding carboxylic acids is 1. The average Bonchev–Trinajstić information content (AvgIpc) is 2.99. The molecule has 0 unspecified atom stereocenters. The lowest BCUT2D eigenvalue weighted by Crippen LogP contribution is -2.30. The van der Waals surface area contributed by atoms with E-state index in [4.69, 9.17) is 0 Å². The Balaban J connectivity index is 2.07. The van der Waals surface area contributed by atoms with Gasteiger partial charge in [-0.15, -0.1) is 11.3 Å². The molecule has 1 aromatic heterocycles. The second kappa shape index (κ2) is 5.49. The van der Waals surface area contributed by atoms with Gasteiger partial charge in [-0.05, 0) is 18.4 Å². The van der Waals surface area contributed by atoms with Gasteiger partial charge in [0.1, 0.15) is 5.01 Å². The van der Waals surface area contributed by atoms with Crippen molar-refractivity contribution in [1.82, 2.24) is 4.98 Å². The van der Waals surface area contributed by atoms with Gasteiger partial charge in [-0.25, -0.2) is 4.98 Å². The molecule has 0 bridgehead atoms. The number of aromatic nitrogens is 1. The van der Waals surface area contributed by atoms with Crippen LogP contribution < -0.4 is 0 Å². The zero-order chi connectivity index (χ0) is 14.0. The third kappa shape index (κ3) is 2.31. The largest absolute Gasteiger partial charge is 0.294 e. The topological polar surface area (TPSA) is 30.0 Å². The Kier molecular flexibility index (Phi) is 3.70. The number of rotatable bonds is 3. The zero-order valence-electron chi connectivity index (χ0n) is 11.8. The fourth-order valence-electron chi connectivity index (χ4n) is 3.20. The molecule has 2 aromatic rings. The summed E-state index contributed by atoms with van der Waals surface area (Å²) in [5.41, 5.74) is 1.38. The van der Waals surface area contributed by atoms with E-state index >= 15 is 0 Å². The molecule has 1 aliphatic rings. The highest BCUT2D eigenvalue weighted by molar-refractivity contribution is 7.13. The van der Waals surface area contributed by atoms with Crippen molar-refractivity contribution in [3.63, 3.8) is 0 Å². The van der Waals surface area contributed by atoms with Crippen LogP contribution in [0.1, 0.15) is 59.3 Å². The first-order valence-corrected chi connectivity index (χ1v) is 8.07. The maximum atomic E-state index is 11.6. The second-order valence-electron chi connectivity index (χ2n) is 5.59. The summed E-state index contributed by atoms with van der Waals surface area (Å²) in [7, 11) is 0. The van der Waals surface area contributed by atoms with Gasteiger partial charge in [-0.1, -0.05) is 49.6 Å². The van der Waals surface area contributed by atoms with E-state index in [2.05, 4.69) is 35.3 Å². The number of Topliss-reactive ketones (excluding diaryl/α,β-unsaturated/α-hetero) is 1. The van der Waals surface area contributed by atoms with Crippen LogP contribution in [0.15, 0.2) is 36.5 Å². The Morgan fingerprint density at radius 1 is 1.15 bits per heavy atom. The summed E-state index contributed by atoms with van der Waals surface area (Å²) in [5, 5.41) is 1.12. The van der Waals surface area contributed by atoms with Gasteiger partial charge in [0.2, 0.25) is 0 Å². The highest BCUT2D eigenvalue weighted by atomic mass is 32.1. The van der Waals surface area contributed by atoms with E-state index < -0.39 is 0 Å². The molecular weight excluding hydrogens is 266 g/mol. The van der Waals surface area contributed by atoms with Crippen molar-refractivity contribution in [2.75, 3.05) is 0 Å². The second-order valence-corrected chi connectivity index (χ2v) is 6.63. The number of carbonyl (C=O) groups is 1. The van der Waals surface area contributed by atoms with Crippen LogP contribution in [0, 0.1) is 0 Å². The fourth-order valence-corrected chi connectivity index (χ4v) is 4.28. The molecule has 0 N–H and O–H groups in total. The van der Waals surface area contributed by atoms with E-state index in [0.29, 0.717) is 0 Å². The molecule has 2 nitrogen and oxygen atoms in total. The quantitative estimate of drug-likeness (QED) is 0.772. The summed E-state index contributed by atoms with van der Waals surface area (Å²) < 4.78 is 0. The predicted octanol–water partition coefficient (Wildman–Crippen LogP) is 4.60. The van der Waals surface area contributed by atoms with Gasteiger partial charge >= 0.3 is 0 Å². The molecular formula is C17H19NOS. The molecule has 0 aliphatic heterocycles. The predicted molar refractivity (Wildman–Crippen MR) is 82.4 cm³/mol. The molecule has 0 amide bonds. The van der Waals surface area contributed by atoms with Gasteiger partial charge in [0.15, 0.2) is 5.78 Å². The summed E-state index contributed by atoms with van der Waals surface area (Å²) >= 11 is 1.58. The number of thiazole rings is 1. The number of ketones is 1. The van der Waals surface area contributed by atoms with E-state index in [1.54, 1.807) is 24.5 Å². The highest BCUT2D eigenvalue weighted by Gasteiger charge is 2.38. The first-order valence-electron chi connectivity index (χ1n) is 7.25. The standard InChI is InChI=1S/C17H19NOS/c1-13(19)15-12-18-16(20-15)17(10-6-3-7-11-17)14-8-4-2-5-9-14/h2,4-5,8-9,12H,3,6-7,10-11H2,1H3. The normalized spacial score (nSPS) is 17.9. The molecule has 20 heavy (non-hydrogen) atoms. The highest BCUT2D eigenvalue weighted by Crippen LogP contribution is 2.46. The Morgan fingerprint density at radius 2 is 1.85 bits per heavy atom. The Labute approximate surface area is 123 Å². The maximum Gasteiger partial charge on any atom is 0.171 e. The van der Waals surface area contributed by atoms with Crippen molar-refractivity contribution in [3.05, 3.63) is 52.0 Å². The molecule has 3 rings (SSSR count). The third-order valence-corrected chi connectivity index (χ3v) is 5.60. The smallest absolute Gasteiger partial charge is 0.171 e. The van der Waals surface area contributed by atoms with Gasteiger partial charge in [0.05, 0.1) is 4.88 Å². The number of hydrogen-bond acceptors (Lipinski definition) is 3. The molecule has 0 atom stereocenters. The SMILES string of the molecule is CC(=O)c1cnc(C2(c3ccccc3)CCCCC2)s1. The van der Waals surface area contributed by atoms with Crippen LogP contribution in [-0.4, -0.2) is 10.8 Å². The number of hydrogen-bond donors (Lipinski definition) is 0. The molecule has 104 valence electrons. The van der Waals surface area contributed by atoms with Crippen LogP contribution in [0.4, 0.5) is 0 Å². The summed E-state index contributed by atoms with van der Waals surface area (Å²) in [6, 6.07) is 10.7. The van der Waals surface area contributed by atoms with Gasteiger partial charge in [-0.2, -0.15) is 0 Å². The van der Waals surface area contributed by atoms with E-state index in [0.717, 1.165) is 22.7 Å². The van der Waals surface area contributed by atoms with Crippen molar-refractivity contribution in [3.8, 4) is 0 Å². The molecule has 1 aromatic carbocycles. The Bertz CT molecular complexity index is 596. The van der Waals surface area contributed by atoms with Crippen molar-refractivity contribution in [2.45, 2.75) is 44.4 Å². The van der Waals surface area contributed by atoms with Crippen LogP contribution in [0.5, 0.6) is 0 Å². The minimum absolute atomic E-state index is 0.0257. The van der Waals surface area contributed by atoms with Crippen LogP contribution in [-0.2, 0) is 5.41 Å². The van der Waals surface area contributed by atoms with E-state index in [1.165, 1.54) is 24.8 Å². The fraction of sp³-hybridized carbons (Fsp3) is 0.412. The van der Waals surface area contributed by atoms with Crippen LogP contribution >= 0.6 is 11.3 Å². The van der Waals surface area contributed by atoms with Gasteiger partial charge in [0, 0.05) is 18.5 Å². The first-order chi connectivity index (χ1) is 9.72. The number of benzene rings is 1. The summed E-state index contributed by atoms with van der Waals surface area (Å²) in [6.07, 6.45) is 7.82. The molecule has 1 aliphatic carbocycles. The van der Waals surface area contributed by atoms with E-state index in [-0.39, 0.29) is 11.2 Å². The van der Waals surface area contributed by atoms with Gasteiger partial charge in [0.25, 0.3) is 0 Å². The van der Waals surface area contributed by atoms with Crippen LogP contribution in [0.2, 0.25) is 0 Å². The molecule has 0 radical (unpaired) electrons. The molecule has 1 fully saturated rings. The Morgan fingerprint density at radius 3 is 2.45 bits per heavy atom. The molecule has 1 saturated carbocycles. The summed E-state index contributed by atoms with van der Waals surface area (Å²) in [6.45, 7) is 1.62. The van der Waals surface area contributed by atoms with E-state index in [1.807, 2.05) is 0 Å². The van der Waals surface area contributed by atoms with E-state index in [9.17, 15) is 4.79 Å². The van der Waals surface area contributed by atoms with Crippen LogP contribution in [0.25, 0.3) is 0 Å². The minimum atomic E-state index is 0.0257. The lowest BCUT2D eigenvalue weighted by molar-refractivity contribution is 0.102. The molecule has 0 spiro atoms. The van der Waals surface area contributed by atoms with Gasteiger partial charge in [-0.3, -0.25) is 4.79 Å². The summed E-state index contributed by atoms with van der Waals surface area (Å²) in [5.74, 6) is 0.118. The zero-order valence-corrected chi connectivity index (χ0v) is 12.6. The monoisotopic (exact) mass is 285 g/mol. The molecule has 0 saturated heterocycles. The lowest BCUT2D eigenvalue weighted by atomic mass is 9.70. The van der Waals surface area contributed by atoms with Crippen LogP contribution in [0.3, 0.4) is 0 Å².